The zero-order valence-electron chi connectivity index (χ0n) is 6.37. The first kappa shape index (κ1) is 7.35. The number of aliphatic imine (C=N–C) groups is 1. The summed E-state index contributed by atoms with van der Waals surface area (Å²) in [5.74, 6) is 0.910. The molecule has 1 amide bonds. The van der Waals surface area contributed by atoms with Gasteiger partial charge >= 0.3 is 0 Å². The van der Waals surface area contributed by atoms with Crippen LogP contribution in [-0.4, -0.2) is 20.4 Å². The van der Waals surface area contributed by atoms with Crippen LogP contribution in [0.2, 0.25) is 0 Å². The molecule has 5 nitrogen and oxygen atoms in total. The molecule has 2 rings (SSSR count). The molecule has 0 spiro atoms. The monoisotopic (exact) mass is 182 g/mol. The molecule has 0 saturated heterocycles. The van der Waals surface area contributed by atoms with Crippen LogP contribution < -0.4 is 5.32 Å². The SMILES string of the molecule is CC1=Nc2nsnc2NC(=O)C1. The Morgan fingerprint density at radius 3 is 3.17 bits per heavy atom. The molecule has 6 heteroatoms. The predicted molar refractivity (Wildman–Crippen MR) is 45.9 cm³/mol. The molecule has 0 unspecified atom stereocenters. The zero-order valence-corrected chi connectivity index (χ0v) is 7.18. The van der Waals surface area contributed by atoms with Gasteiger partial charge in [0.25, 0.3) is 0 Å². The maximum absolute atomic E-state index is 11.1. The number of carbonyl (C=O) groups is 1. The lowest BCUT2D eigenvalue weighted by atomic mass is 10.3. The summed E-state index contributed by atoms with van der Waals surface area (Å²) in [6.45, 7) is 1.80. The van der Waals surface area contributed by atoms with Crippen molar-refractivity contribution in [3.63, 3.8) is 0 Å². The summed E-state index contributed by atoms with van der Waals surface area (Å²) >= 11 is 1.05. The summed E-state index contributed by atoms with van der Waals surface area (Å²) in [4.78, 5) is 15.2. The van der Waals surface area contributed by atoms with E-state index in [2.05, 4.69) is 19.1 Å². The van der Waals surface area contributed by atoms with E-state index in [1.54, 1.807) is 6.92 Å². The maximum atomic E-state index is 11.1. The normalized spacial score (nSPS) is 16.1. The minimum atomic E-state index is -0.0808. The van der Waals surface area contributed by atoms with Crippen molar-refractivity contribution in [2.45, 2.75) is 13.3 Å². The van der Waals surface area contributed by atoms with E-state index >= 15 is 0 Å². The van der Waals surface area contributed by atoms with Gasteiger partial charge in [0.1, 0.15) is 0 Å². The van der Waals surface area contributed by atoms with E-state index in [4.69, 9.17) is 0 Å². The van der Waals surface area contributed by atoms with Crippen LogP contribution in [0.1, 0.15) is 13.3 Å². The quantitative estimate of drug-likeness (QED) is 0.650. The molecule has 0 atom stereocenters. The van der Waals surface area contributed by atoms with Gasteiger partial charge < -0.3 is 5.32 Å². The Hall–Kier alpha value is -1.30. The fourth-order valence-electron chi connectivity index (χ4n) is 0.965. The van der Waals surface area contributed by atoms with Crippen molar-refractivity contribution < 1.29 is 4.79 Å². The van der Waals surface area contributed by atoms with Crippen molar-refractivity contribution in [1.29, 1.82) is 0 Å². The van der Waals surface area contributed by atoms with Gasteiger partial charge in [-0.25, -0.2) is 4.99 Å². The highest BCUT2D eigenvalue weighted by Crippen LogP contribution is 2.24. The molecule has 0 bridgehead atoms. The molecule has 0 saturated carbocycles. The standard InChI is InChI=1S/C6H6N4OS/c1-3-2-4(11)8-6-5(7-3)9-12-10-6/h2H2,1H3,(H,8,10,11). The van der Waals surface area contributed by atoms with Crippen LogP contribution in [0.3, 0.4) is 0 Å². The first-order valence-electron chi connectivity index (χ1n) is 3.42. The van der Waals surface area contributed by atoms with E-state index in [0.717, 1.165) is 17.4 Å². The molecule has 12 heavy (non-hydrogen) atoms. The van der Waals surface area contributed by atoms with Crippen molar-refractivity contribution >= 4 is 35.0 Å². The smallest absolute Gasteiger partial charge is 0.231 e. The van der Waals surface area contributed by atoms with E-state index < -0.39 is 0 Å². The molecule has 62 valence electrons. The van der Waals surface area contributed by atoms with E-state index in [1.807, 2.05) is 0 Å². The Morgan fingerprint density at radius 2 is 2.33 bits per heavy atom. The van der Waals surface area contributed by atoms with Crippen LogP contribution in [0.4, 0.5) is 11.6 Å². The Balaban J connectivity index is 2.48. The number of fused-ring (bicyclic) bond motifs is 1. The van der Waals surface area contributed by atoms with Crippen LogP contribution in [-0.2, 0) is 4.79 Å². The van der Waals surface area contributed by atoms with E-state index in [-0.39, 0.29) is 5.91 Å². The second-order valence-electron chi connectivity index (χ2n) is 2.51. The molecule has 1 N–H and O–H groups in total. The fourth-order valence-corrected chi connectivity index (χ4v) is 1.42. The maximum Gasteiger partial charge on any atom is 0.231 e. The third kappa shape index (κ3) is 1.20. The lowest BCUT2D eigenvalue weighted by Gasteiger charge is -1.94. The lowest BCUT2D eigenvalue weighted by molar-refractivity contribution is -0.115. The van der Waals surface area contributed by atoms with Gasteiger partial charge in [-0.2, -0.15) is 8.75 Å². The second-order valence-corrected chi connectivity index (χ2v) is 3.04. The van der Waals surface area contributed by atoms with Crippen LogP contribution in [0.15, 0.2) is 4.99 Å². The van der Waals surface area contributed by atoms with Crippen LogP contribution in [0.25, 0.3) is 0 Å². The van der Waals surface area contributed by atoms with E-state index in [0.29, 0.717) is 18.1 Å². The number of hydrogen-bond donors (Lipinski definition) is 1. The van der Waals surface area contributed by atoms with Crippen LogP contribution in [0, 0.1) is 0 Å². The number of nitrogens with zero attached hydrogens (tertiary/aromatic N) is 3. The van der Waals surface area contributed by atoms with Crippen molar-refractivity contribution in [2.24, 2.45) is 4.99 Å². The molecule has 1 aliphatic rings. The number of anilines is 1. The average Bonchev–Trinajstić information content (AvgIpc) is 2.31. The Bertz CT molecular complexity index is 356. The van der Waals surface area contributed by atoms with Crippen molar-refractivity contribution in [3.05, 3.63) is 0 Å². The minimum Gasteiger partial charge on any atom is -0.306 e. The molecule has 1 aromatic rings. The number of amides is 1. The molecule has 0 aliphatic carbocycles. The molecule has 1 aromatic heterocycles. The Kier molecular flexibility index (Phi) is 1.61. The summed E-state index contributed by atoms with van der Waals surface area (Å²) in [6, 6.07) is 0. The van der Waals surface area contributed by atoms with Crippen LogP contribution >= 0.6 is 11.7 Å². The topological polar surface area (TPSA) is 67.2 Å². The number of hydrogen-bond acceptors (Lipinski definition) is 5. The summed E-state index contributed by atoms with van der Waals surface area (Å²) in [5, 5.41) is 2.62. The summed E-state index contributed by atoms with van der Waals surface area (Å²) in [7, 11) is 0. The van der Waals surface area contributed by atoms with Gasteiger partial charge in [0.2, 0.25) is 11.7 Å². The largest absolute Gasteiger partial charge is 0.306 e. The summed E-state index contributed by atoms with van der Waals surface area (Å²) in [5.41, 5.74) is 0.763. The van der Waals surface area contributed by atoms with Gasteiger partial charge in [0, 0.05) is 5.71 Å². The minimum absolute atomic E-state index is 0.0808. The van der Waals surface area contributed by atoms with Gasteiger partial charge in [0.05, 0.1) is 18.1 Å². The first-order chi connectivity index (χ1) is 5.75. The van der Waals surface area contributed by atoms with Crippen LogP contribution in [0.5, 0.6) is 0 Å². The first-order valence-corrected chi connectivity index (χ1v) is 4.15. The summed E-state index contributed by atoms with van der Waals surface area (Å²) < 4.78 is 7.82. The molecular weight excluding hydrogens is 176 g/mol. The Labute approximate surface area is 72.9 Å². The lowest BCUT2D eigenvalue weighted by Crippen LogP contribution is -2.12. The number of rotatable bonds is 0. The fraction of sp³-hybridized carbons (Fsp3) is 0.333. The van der Waals surface area contributed by atoms with Gasteiger partial charge in [-0.15, -0.1) is 0 Å². The van der Waals surface area contributed by atoms with E-state index in [9.17, 15) is 4.79 Å². The highest BCUT2D eigenvalue weighted by molar-refractivity contribution is 6.99. The molecule has 0 radical (unpaired) electrons. The molecule has 2 heterocycles. The Morgan fingerprint density at radius 1 is 1.50 bits per heavy atom. The highest BCUT2D eigenvalue weighted by atomic mass is 32.1. The van der Waals surface area contributed by atoms with Crippen molar-refractivity contribution in [1.82, 2.24) is 8.75 Å². The average molecular weight is 182 g/mol. The van der Waals surface area contributed by atoms with Gasteiger partial charge in [-0.1, -0.05) is 0 Å². The number of nitrogens with one attached hydrogen (secondary N) is 1. The predicted octanol–water partition coefficient (Wildman–Crippen LogP) is 0.973. The van der Waals surface area contributed by atoms with Crippen molar-refractivity contribution in [3.8, 4) is 0 Å². The van der Waals surface area contributed by atoms with Gasteiger partial charge in [0.15, 0.2) is 5.82 Å². The van der Waals surface area contributed by atoms with Gasteiger partial charge in [-0.05, 0) is 6.92 Å². The molecular formula is C6H6N4OS. The number of carbonyl (C=O) groups excluding carboxylic acids is 1. The molecule has 0 fully saturated rings. The molecule has 1 aliphatic heterocycles. The van der Waals surface area contributed by atoms with E-state index in [1.165, 1.54) is 0 Å². The zero-order chi connectivity index (χ0) is 8.55. The number of aromatic nitrogens is 2. The third-order valence-corrected chi connectivity index (χ3v) is 1.96. The third-order valence-electron chi connectivity index (χ3n) is 1.44. The highest BCUT2D eigenvalue weighted by Gasteiger charge is 2.15. The summed E-state index contributed by atoms with van der Waals surface area (Å²) in [6.07, 6.45) is 0.322. The van der Waals surface area contributed by atoms with Crippen molar-refractivity contribution in [2.75, 3.05) is 5.32 Å². The van der Waals surface area contributed by atoms with Gasteiger partial charge in [-0.3, -0.25) is 4.79 Å². The second kappa shape index (κ2) is 2.63. The molecule has 0 aromatic carbocycles.